The van der Waals surface area contributed by atoms with Crippen LogP contribution in [-0.4, -0.2) is 19.9 Å². The third kappa shape index (κ3) is 3.36. The SMILES string of the molecule is Cn1c(C(C#N)C(=O)/C=C/c2cn(CCC#N)c3ccccc23)nc2ccccc21. The molecule has 1 atom stereocenters. The van der Waals surface area contributed by atoms with Crippen LogP contribution in [0.25, 0.3) is 28.0 Å². The number of nitrogens with zero attached hydrogens (tertiary/aromatic N) is 5. The van der Waals surface area contributed by atoms with Gasteiger partial charge in [0.05, 0.1) is 29.6 Å². The summed E-state index contributed by atoms with van der Waals surface area (Å²) < 4.78 is 3.80. The number of nitriles is 2. The quantitative estimate of drug-likeness (QED) is 0.456. The van der Waals surface area contributed by atoms with Crippen LogP contribution in [0.3, 0.4) is 0 Å². The number of hydrogen-bond donors (Lipinski definition) is 0. The largest absolute Gasteiger partial charge is 0.346 e. The van der Waals surface area contributed by atoms with E-state index in [1.807, 2.05) is 66.3 Å². The average molecular weight is 393 g/mol. The van der Waals surface area contributed by atoms with Gasteiger partial charge in [-0.05, 0) is 30.4 Å². The molecule has 146 valence electrons. The minimum Gasteiger partial charge on any atom is -0.346 e. The van der Waals surface area contributed by atoms with Crippen LogP contribution < -0.4 is 0 Å². The Labute approximate surface area is 173 Å². The van der Waals surface area contributed by atoms with E-state index in [0.717, 1.165) is 27.5 Å². The number of allylic oxidation sites excluding steroid dienone is 1. The average Bonchev–Trinajstić information content (AvgIpc) is 3.29. The number of rotatable bonds is 6. The normalized spacial score (nSPS) is 12.2. The van der Waals surface area contributed by atoms with Gasteiger partial charge in [0.15, 0.2) is 11.7 Å². The lowest BCUT2D eigenvalue weighted by molar-refractivity contribution is -0.115. The molecule has 0 N–H and O–H groups in total. The van der Waals surface area contributed by atoms with Crippen molar-refractivity contribution in [2.24, 2.45) is 7.05 Å². The van der Waals surface area contributed by atoms with E-state index in [4.69, 9.17) is 5.26 Å². The molecular formula is C24H19N5O. The molecule has 2 aromatic carbocycles. The van der Waals surface area contributed by atoms with Crippen LogP contribution in [0.5, 0.6) is 0 Å². The molecule has 6 heteroatoms. The maximum atomic E-state index is 12.9. The summed E-state index contributed by atoms with van der Waals surface area (Å²) in [4.78, 5) is 17.4. The van der Waals surface area contributed by atoms with E-state index < -0.39 is 5.92 Å². The molecule has 0 saturated heterocycles. The minimum absolute atomic E-state index is 0.315. The Morgan fingerprint density at radius 1 is 1.13 bits per heavy atom. The monoisotopic (exact) mass is 393 g/mol. The number of ketones is 1. The Balaban J connectivity index is 1.66. The van der Waals surface area contributed by atoms with Crippen molar-refractivity contribution in [1.82, 2.24) is 14.1 Å². The summed E-state index contributed by atoms with van der Waals surface area (Å²) in [6.45, 7) is 0.583. The maximum Gasteiger partial charge on any atom is 0.180 e. The number of benzene rings is 2. The van der Waals surface area contributed by atoms with Crippen LogP contribution in [-0.2, 0) is 18.4 Å². The first-order valence-electron chi connectivity index (χ1n) is 9.61. The van der Waals surface area contributed by atoms with Crippen molar-refractivity contribution in [3.8, 4) is 12.1 Å². The molecule has 30 heavy (non-hydrogen) atoms. The van der Waals surface area contributed by atoms with Gasteiger partial charge < -0.3 is 9.13 Å². The molecule has 0 aliphatic carbocycles. The van der Waals surface area contributed by atoms with E-state index in [-0.39, 0.29) is 5.78 Å². The van der Waals surface area contributed by atoms with Gasteiger partial charge in [-0.3, -0.25) is 4.79 Å². The lowest BCUT2D eigenvalue weighted by Gasteiger charge is -2.05. The lowest BCUT2D eigenvalue weighted by atomic mass is 10.0. The maximum absolute atomic E-state index is 12.9. The van der Waals surface area contributed by atoms with Crippen LogP contribution in [0.15, 0.2) is 60.8 Å². The molecule has 0 aliphatic heterocycles. The number of hydrogen-bond acceptors (Lipinski definition) is 4. The first-order chi connectivity index (χ1) is 14.6. The van der Waals surface area contributed by atoms with Crippen LogP contribution in [0.4, 0.5) is 0 Å². The van der Waals surface area contributed by atoms with Gasteiger partial charge in [-0.2, -0.15) is 10.5 Å². The molecule has 0 bridgehead atoms. The topological polar surface area (TPSA) is 87.4 Å². The van der Waals surface area contributed by atoms with Gasteiger partial charge in [-0.15, -0.1) is 0 Å². The summed E-state index contributed by atoms with van der Waals surface area (Å²) in [5, 5.41) is 19.6. The second-order valence-electron chi connectivity index (χ2n) is 7.02. The number of carbonyl (C=O) groups is 1. The fraction of sp³-hybridized carbons (Fsp3) is 0.167. The standard InChI is InChI=1S/C24H19N5O/c1-28-22-10-5-3-8-20(22)27-24(28)19(15-26)23(30)12-11-17-16-29(14-6-13-25)21-9-4-2-7-18(17)21/h2-5,7-12,16,19H,6,14H2,1H3/b12-11+. The number of aryl methyl sites for hydroxylation is 2. The zero-order valence-electron chi connectivity index (χ0n) is 16.5. The predicted octanol–water partition coefficient (Wildman–Crippen LogP) is 4.33. The fourth-order valence-corrected chi connectivity index (χ4v) is 3.70. The van der Waals surface area contributed by atoms with E-state index in [0.29, 0.717) is 18.8 Å². The summed E-state index contributed by atoms with van der Waals surface area (Å²) in [5.41, 5.74) is 3.52. The van der Waals surface area contributed by atoms with E-state index in [1.54, 1.807) is 10.6 Å². The van der Waals surface area contributed by atoms with Crippen LogP contribution in [0.2, 0.25) is 0 Å². The van der Waals surface area contributed by atoms with E-state index in [1.165, 1.54) is 6.08 Å². The molecule has 4 aromatic rings. The van der Waals surface area contributed by atoms with Crippen molar-refractivity contribution in [3.63, 3.8) is 0 Å². The molecule has 0 fully saturated rings. The number of para-hydroxylation sites is 3. The summed E-state index contributed by atoms with van der Waals surface area (Å²) in [6.07, 6.45) is 5.52. The lowest BCUT2D eigenvalue weighted by Crippen LogP contribution is -2.13. The van der Waals surface area contributed by atoms with E-state index in [9.17, 15) is 10.1 Å². The van der Waals surface area contributed by atoms with E-state index in [2.05, 4.69) is 17.1 Å². The molecule has 2 aromatic heterocycles. The smallest absolute Gasteiger partial charge is 0.180 e. The molecular weight excluding hydrogens is 374 g/mol. The Hall–Kier alpha value is -4.16. The van der Waals surface area contributed by atoms with Crippen LogP contribution >= 0.6 is 0 Å². The molecule has 1 unspecified atom stereocenters. The summed E-state index contributed by atoms with van der Waals surface area (Å²) in [6, 6.07) is 19.7. The zero-order chi connectivity index (χ0) is 21.1. The van der Waals surface area contributed by atoms with Crippen molar-refractivity contribution in [2.75, 3.05) is 0 Å². The highest BCUT2D eigenvalue weighted by atomic mass is 16.1. The molecule has 0 radical (unpaired) electrons. The fourth-order valence-electron chi connectivity index (χ4n) is 3.70. The second-order valence-corrected chi connectivity index (χ2v) is 7.02. The van der Waals surface area contributed by atoms with Gasteiger partial charge in [0.2, 0.25) is 0 Å². The summed E-state index contributed by atoms with van der Waals surface area (Å²) >= 11 is 0. The van der Waals surface area contributed by atoms with Gasteiger partial charge in [-0.1, -0.05) is 30.3 Å². The van der Waals surface area contributed by atoms with Crippen molar-refractivity contribution >= 4 is 33.8 Å². The minimum atomic E-state index is -0.981. The van der Waals surface area contributed by atoms with E-state index >= 15 is 0 Å². The van der Waals surface area contributed by atoms with Crippen molar-refractivity contribution in [2.45, 2.75) is 18.9 Å². The Morgan fingerprint density at radius 2 is 1.87 bits per heavy atom. The van der Waals surface area contributed by atoms with Crippen LogP contribution in [0, 0.1) is 22.7 Å². The van der Waals surface area contributed by atoms with Gasteiger partial charge >= 0.3 is 0 Å². The van der Waals surface area contributed by atoms with Gasteiger partial charge in [0.25, 0.3) is 0 Å². The predicted molar refractivity (Wildman–Crippen MR) is 115 cm³/mol. The number of carbonyl (C=O) groups excluding carboxylic acids is 1. The van der Waals surface area contributed by atoms with Crippen molar-refractivity contribution < 1.29 is 4.79 Å². The molecule has 0 amide bonds. The number of aromatic nitrogens is 3. The zero-order valence-corrected chi connectivity index (χ0v) is 16.5. The highest BCUT2D eigenvalue weighted by molar-refractivity contribution is 6.02. The van der Waals surface area contributed by atoms with Crippen LogP contribution in [0.1, 0.15) is 23.7 Å². The number of fused-ring (bicyclic) bond motifs is 2. The molecule has 0 spiro atoms. The molecule has 4 rings (SSSR count). The number of imidazole rings is 1. The second kappa shape index (κ2) is 8.06. The highest BCUT2D eigenvalue weighted by Gasteiger charge is 2.24. The van der Waals surface area contributed by atoms with Gasteiger partial charge in [0, 0.05) is 36.3 Å². The molecule has 6 nitrogen and oxygen atoms in total. The van der Waals surface area contributed by atoms with Gasteiger partial charge in [0.1, 0.15) is 5.82 Å². The Bertz CT molecular complexity index is 1360. The first kappa shape index (κ1) is 19.2. The third-order valence-electron chi connectivity index (χ3n) is 5.20. The summed E-state index contributed by atoms with van der Waals surface area (Å²) in [7, 11) is 1.81. The molecule has 0 aliphatic rings. The molecule has 0 saturated carbocycles. The Kier molecular flexibility index (Phi) is 5.15. The molecule has 2 heterocycles. The highest BCUT2D eigenvalue weighted by Crippen LogP contribution is 2.25. The Morgan fingerprint density at radius 3 is 2.60 bits per heavy atom. The van der Waals surface area contributed by atoms with Gasteiger partial charge in [-0.25, -0.2) is 4.98 Å². The third-order valence-corrected chi connectivity index (χ3v) is 5.20. The summed E-state index contributed by atoms with van der Waals surface area (Å²) in [5.74, 6) is -0.861. The van der Waals surface area contributed by atoms with Crippen molar-refractivity contribution in [3.05, 3.63) is 72.2 Å². The van der Waals surface area contributed by atoms with Crippen molar-refractivity contribution in [1.29, 1.82) is 10.5 Å². The first-order valence-corrected chi connectivity index (χ1v) is 9.61.